The van der Waals surface area contributed by atoms with Crippen molar-refractivity contribution in [3.8, 4) is 0 Å². The van der Waals surface area contributed by atoms with Gasteiger partial charge in [0.25, 0.3) is 0 Å². The predicted molar refractivity (Wildman–Crippen MR) is 83.6 cm³/mol. The first-order valence-electron chi connectivity index (χ1n) is 7.66. The molecule has 1 aliphatic rings. The van der Waals surface area contributed by atoms with Crippen LogP contribution >= 0.6 is 0 Å². The number of aliphatic hydroxyl groups is 1. The molecular formula is C16H25NO3S. The second-order valence-electron chi connectivity index (χ2n) is 5.88. The number of aryl methyl sites for hydroxylation is 1. The van der Waals surface area contributed by atoms with E-state index in [1.165, 1.54) is 4.31 Å². The Morgan fingerprint density at radius 1 is 1.24 bits per heavy atom. The van der Waals surface area contributed by atoms with Crippen LogP contribution in [0.3, 0.4) is 0 Å². The minimum absolute atomic E-state index is 0.0445. The molecule has 0 spiro atoms. The van der Waals surface area contributed by atoms with Crippen molar-refractivity contribution in [2.75, 3.05) is 13.7 Å². The summed E-state index contributed by atoms with van der Waals surface area (Å²) in [6, 6.07) is 7.24. The van der Waals surface area contributed by atoms with Gasteiger partial charge in [-0.1, -0.05) is 19.1 Å². The van der Waals surface area contributed by atoms with E-state index in [-0.39, 0.29) is 12.6 Å². The minimum Gasteiger partial charge on any atom is -0.396 e. The van der Waals surface area contributed by atoms with E-state index in [1.54, 1.807) is 19.2 Å². The van der Waals surface area contributed by atoms with E-state index in [1.807, 2.05) is 19.1 Å². The number of aliphatic hydroxyl groups excluding tert-OH is 1. The summed E-state index contributed by atoms with van der Waals surface area (Å²) in [6.07, 6.45) is 4.28. The predicted octanol–water partition coefficient (Wildman–Crippen LogP) is 2.42. The second kappa shape index (κ2) is 6.90. The molecule has 0 heterocycles. The van der Waals surface area contributed by atoms with E-state index in [0.717, 1.165) is 37.7 Å². The van der Waals surface area contributed by atoms with Gasteiger partial charge in [-0.05, 0) is 55.7 Å². The van der Waals surface area contributed by atoms with Crippen LogP contribution in [0.25, 0.3) is 0 Å². The van der Waals surface area contributed by atoms with Gasteiger partial charge in [0.2, 0.25) is 10.0 Å². The van der Waals surface area contributed by atoms with Crippen molar-refractivity contribution < 1.29 is 13.5 Å². The van der Waals surface area contributed by atoms with Crippen molar-refractivity contribution in [3.63, 3.8) is 0 Å². The van der Waals surface area contributed by atoms with Crippen LogP contribution in [0.2, 0.25) is 0 Å². The Labute approximate surface area is 127 Å². The third kappa shape index (κ3) is 3.65. The molecule has 1 aromatic rings. The summed E-state index contributed by atoms with van der Waals surface area (Å²) >= 11 is 0. The summed E-state index contributed by atoms with van der Waals surface area (Å²) in [5, 5.41) is 9.18. The smallest absolute Gasteiger partial charge is 0.243 e. The third-order valence-electron chi connectivity index (χ3n) is 4.57. The van der Waals surface area contributed by atoms with Crippen molar-refractivity contribution in [1.82, 2.24) is 4.31 Å². The maximum atomic E-state index is 12.7. The number of rotatable bonds is 5. The minimum atomic E-state index is -3.42. The lowest BCUT2D eigenvalue weighted by Crippen LogP contribution is -2.39. The molecule has 1 saturated carbocycles. The molecule has 1 aliphatic carbocycles. The van der Waals surface area contributed by atoms with Gasteiger partial charge >= 0.3 is 0 Å². The Kier molecular flexibility index (Phi) is 5.41. The number of benzene rings is 1. The molecule has 1 N–H and O–H groups in total. The zero-order valence-corrected chi connectivity index (χ0v) is 13.6. The number of hydrogen-bond donors (Lipinski definition) is 1. The molecule has 2 rings (SSSR count). The third-order valence-corrected chi connectivity index (χ3v) is 6.48. The van der Waals surface area contributed by atoms with Crippen LogP contribution in [0, 0.1) is 5.92 Å². The molecule has 0 bridgehead atoms. The zero-order valence-electron chi connectivity index (χ0n) is 12.8. The van der Waals surface area contributed by atoms with Crippen LogP contribution in [0.5, 0.6) is 0 Å². The van der Waals surface area contributed by atoms with E-state index < -0.39 is 10.0 Å². The molecule has 1 fully saturated rings. The SMILES string of the molecule is CCc1cccc(S(=O)(=O)N(C)C2CCC(CO)CC2)c1. The second-order valence-corrected chi connectivity index (χ2v) is 7.88. The number of nitrogens with zero attached hydrogens (tertiary/aromatic N) is 1. The largest absolute Gasteiger partial charge is 0.396 e. The fourth-order valence-electron chi connectivity index (χ4n) is 2.98. The Morgan fingerprint density at radius 2 is 1.90 bits per heavy atom. The first-order valence-corrected chi connectivity index (χ1v) is 9.11. The lowest BCUT2D eigenvalue weighted by molar-refractivity contribution is 0.159. The van der Waals surface area contributed by atoms with Gasteiger partial charge in [0.15, 0.2) is 0 Å². The zero-order chi connectivity index (χ0) is 15.5. The topological polar surface area (TPSA) is 57.6 Å². The van der Waals surface area contributed by atoms with Crippen molar-refractivity contribution in [2.24, 2.45) is 5.92 Å². The van der Waals surface area contributed by atoms with Crippen molar-refractivity contribution in [3.05, 3.63) is 29.8 Å². The number of sulfonamides is 1. The molecule has 0 amide bonds. The molecule has 4 nitrogen and oxygen atoms in total. The maximum Gasteiger partial charge on any atom is 0.243 e. The van der Waals surface area contributed by atoms with Crippen LogP contribution in [0.15, 0.2) is 29.2 Å². The first-order chi connectivity index (χ1) is 9.98. The summed E-state index contributed by atoms with van der Waals surface area (Å²) in [5.41, 5.74) is 1.04. The fraction of sp³-hybridized carbons (Fsp3) is 0.625. The van der Waals surface area contributed by atoms with Crippen LogP contribution in [0.1, 0.15) is 38.2 Å². The van der Waals surface area contributed by atoms with Gasteiger partial charge in [-0.3, -0.25) is 0 Å². The molecule has 0 radical (unpaired) electrons. The van der Waals surface area contributed by atoms with Crippen LogP contribution in [0.4, 0.5) is 0 Å². The molecule has 21 heavy (non-hydrogen) atoms. The fourth-order valence-corrected chi connectivity index (χ4v) is 4.47. The lowest BCUT2D eigenvalue weighted by Gasteiger charge is -2.33. The van der Waals surface area contributed by atoms with Crippen molar-refractivity contribution in [2.45, 2.75) is 50.0 Å². The van der Waals surface area contributed by atoms with Crippen molar-refractivity contribution >= 4 is 10.0 Å². The average Bonchev–Trinajstić information content (AvgIpc) is 2.54. The first kappa shape index (κ1) is 16.5. The van der Waals surface area contributed by atoms with Crippen LogP contribution < -0.4 is 0 Å². The molecule has 0 aromatic heterocycles. The van der Waals surface area contributed by atoms with Gasteiger partial charge in [0.05, 0.1) is 4.90 Å². The van der Waals surface area contributed by atoms with Crippen LogP contribution in [-0.2, 0) is 16.4 Å². The molecule has 0 aliphatic heterocycles. The molecule has 0 saturated heterocycles. The normalized spacial score (nSPS) is 23.4. The van der Waals surface area contributed by atoms with Gasteiger partial charge in [0, 0.05) is 19.7 Å². The standard InChI is InChI=1S/C16H25NO3S/c1-3-13-5-4-6-16(11-13)21(19,20)17(2)15-9-7-14(12-18)8-10-15/h4-6,11,14-15,18H,3,7-10,12H2,1-2H3. The van der Waals surface area contributed by atoms with Gasteiger partial charge in [-0.25, -0.2) is 8.42 Å². The highest BCUT2D eigenvalue weighted by Crippen LogP contribution is 2.29. The Morgan fingerprint density at radius 3 is 2.48 bits per heavy atom. The molecule has 0 atom stereocenters. The maximum absolute atomic E-state index is 12.7. The highest BCUT2D eigenvalue weighted by molar-refractivity contribution is 7.89. The Bertz CT molecular complexity index is 563. The van der Waals surface area contributed by atoms with E-state index >= 15 is 0 Å². The van der Waals surface area contributed by atoms with Crippen LogP contribution in [-0.4, -0.2) is 37.5 Å². The number of hydrogen-bond acceptors (Lipinski definition) is 3. The summed E-state index contributed by atoms with van der Waals surface area (Å²) in [6.45, 7) is 2.23. The highest BCUT2D eigenvalue weighted by Gasteiger charge is 2.31. The van der Waals surface area contributed by atoms with Gasteiger partial charge in [-0.2, -0.15) is 4.31 Å². The van der Waals surface area contributed by atoms with E-state index in [9.17, 15) is 13.5 Å². The molecule has 5 heteroatoms. The summed E-state index contributed by atoms with van der Waals surface area (Å²) in [4.78, 5) is 0.383. The van der Waals surface area contributed by atoms with Crippen molar-refractivity contribution in [1.29, 1.82) is 0 Å². The summed E-state index contributed by atoms with van der Waals surface area (Å²) in [5.74, 6) is 0.334. The van der Waals surface area contributed by atoms with E-state index in [0.29, 0.717) is 10.8 Å². The average molecular weight is 311 g/mol. The molecule has 118 valence electrons. The molecule has 1 aromatic carbocycles. The molecule has 0 unspecified atom stereocenters. The monoisotopic (exact) mass is 311 g/mol. The summed E-state index contributed by atoms with van der Waals surface area (Å²) in [7, 11) is -1.75. The lowest BCUT2D eigenvalue weighted by atomic mass is 9.87. The van der Waals surface area contributed by atoms with E-state index in [4.69, 9.17) is 0 Å². The van der Waals surface area contributed by atoms with E-state index in [2.05, 4.69) is 0 Å². The quantitative estimate of drug-likeness (QED) is 0.908. The Hall–Kier alpha value is -0.910. The summed E-state index contributed by atoms with van der Waals surface area (Å²) < 4.78 is 27.0. The highest BCUT2D eigenvalue weighted by atomic mass is 32.2. The van der Waals surface area contributed by atoms with Gasteiger partial charge in [-0.15, -0.1) is 0 Å². The Balaban J connectivity index is 2.15. The molecular weight excluding hydrogens is 286 g/mol. The van der Waals surface area contributed by atoms with Gasteiger partial charge in [0.1, 0.15) is 0 Å². The van der Waals surface area contributed by atoms with Gasteiger partial charge < -0.3 is 5.11 Å².